The highest BCUT2D eigenvalue weighted by molar-refractivity contribution is 5.93. The summed E-state index contributed by atoms with van der Waals surface area (Å²) in [6, 6.07) is 18.3. The molecule has 3 nitrogen and oxygen atoms in total. The molecule has 119 valence electrons. The lowest BCUT2D eigenvalue weighted by Gasteiger charge is -2.09. The smallest absolute Gasteiger partial charge is 0.102 e. The average Bonchev–Trinajstić information content (AvgIpc) is 2.67. The Labute approximate surface area is 146 Å². The van der Waals surface area contributed by atoms with E-state index in [9.17, 15) is 0 Å². The predicted octanol–water partition coefficient (Wildman–Crippen LogP) is 4.99. The maximum Gasteiger partial charge on any atom is 0.102 e. The average molecular weight is 322 g/mol. The quantitative estimate of drug-likeness (QED) is 0.497. The molecule has 0 bridgehead atoms. The van der Waals surface area contributed by atoms with Gasteiger partial charge in [0, 0.05) is 28.4 Å². The molecular weight excluding hydrogens is 306 g/mol. The van der Waals surface area contributed by atoms with Crippen LogP contribution in [0.1, 0.15) is 17.8 Å². The zero-order valence-electron chi connectivity index (χ0n) is 13.7. The zero-order valence-corrected chi connectivity index (χ0v) is 13.7. The van der Waals surface area contributed by atoms with Gasteiger partial charge >= 0.3 is 0 Å². The minimum Gasteiger partial charge on any atom is -0.256 e. The summed E-state index contributed by atoms with van der Waals surface area (Å²) in [5.74, 6) is 0. The van der Waals surface area contributed by atoms with Gasteiger partial charge in [-0.25, -0.2) is 0 Å². The number of benzene rings is 2. The van der Waals surface area contributed by atoms with Gasteiger partial charge in [0.15, 0.2) is 0 Å². The van der Waals surface area contributed by atoms with Crippen LogP contribution < -0.4 is 0 Å². The summed E-state index contributed by atoms with van der Waals surface area (Å²) in [5, 5.41) is 12.7. The lowest BCUT2D eigenvalue weighted by atomic mass is 10.00. The molecule has 0 N–H and O–H groups in total. The van der Waals surface area contributed by atoms with E-state index >= 15 is 0 Å². The van der Waals surface area contributed by atoms with Crippen LogP contribution in [0.3, 0.4) is 0 Å². The Hall–Kier alpha value is -3.33. The number of allylic oxidation sites excluding steroid dienone is 2. The molecule has 1 radical (unpaired) electrons. The molecule has 2 heterocycles. The number of aromatic nitrogens is 3. The largest absolute Gasteiger partial charge is 0.256 e. The zero-order chi connectivity index (χ0) is 17.1. The van der Waals surface area contributed by atoms with Crippen LogP contribution in [0.5, 0.6) is 0 Å². The first-order chi connectivity index (χ1) is 12.4. The fourth-order valence-corrected chi connectivity index (χ4v) is 2.97. The Morgan fingerprint density at radius 3 is 2.56 bits per heavy atom. The van der Waals surface area contributed by atoms with Gasteiger partial charge in [-0.05, 0) is 23.4 Å². The molecule has 25 heavy (non-hydrogen) atoms. The molecular formula is C22H16N3. The van der Waals surface area contributed by atoms with Crippen molar-refractivity contribution < 1.29 is 0 Å². The molecule has 0 fully saturated rings. The van der Waals surface area contributed by atoms with E-state index in [4.69, 9.17) is 0 Å². The molecule has 0 spiro atoms. The summed E-state index contributed by atoms with van der Waals surface area (Å²) in [6.45, 7) is 3.89. The third-order valence-corrected chi connectivity index (χ3v) is 4.15. The van der Waals surface area contributed by atoms with E-state index in [0.29, 0.717) is 6.42 Å². The van der Waals surface area contributed by atoms with Crippen LogP contribution in [0, 0.1) is 6.08 Å². The predicted molar refractivity (Wildman–Crippen MR) is 102 cm³/mol. The topological polar surface area (TPSA) is 38.7 Å². The van der Waals surface area contributed by atoms with E-state index in [1.165, 1.54) is 0 Å². The summed E-state index contributed by atoms with van der Waals surface area (Å²) >= 11 is 0. The third kappa shape index (κ3) is 2.92. The second-order valence-electron chi connectivity index (χ2n) is 5.76. The Kier molecular flexibility index (Phi) is 4.05. The number of hydrogen-bond donors (Lipinski definition) is 0. The molecule has 4 aromatic rings. The molecule has 0 aliphatic heterocycles. The molecule has 0 saturated heterocycles. The maximum absolute atomic E-state index is 4.61. The van der Waals surface area contributed by atoms with Crippen LogP contribution in [0.15, 0.2) is 79.6 Å². The Bertz CT molecular complexity index is 1090. The minimum absolute atomic E-state index is 0.659. The van der Waals surface area contributed by atoms with Crippen molar-refractivity contribution in [2.24, 2.45) is 0 Å². The number of nitrogens with zero attached hydrogens (tertiary/aromatic N) is 3. The highest BCUT2D eigenvalue weighted by Crippen LogP contribution is 2.27. The Balaban J connectivity index is 1.94. The van der Waals surface area contributed by atoms with Crippen molar-refractivity contribution in [1.82, 2.24) is 15.2 Å². The van der Waals surface area contributed by atoms with Gasteiger partial charge in [0.1, 0.15) is 5.69 Å². The number of hydrogen-bond acceptors (Lipinski definition) is 3. The van der Waals surface area contributed by atoms with Crippen molar-refractivity contribution in [3.8, 4) is 0 Å². The summed E-state index contributed by atoms with van der Waals surface area (Å²) in [4.78, 5) is 4.61. The number of rotatable bonds is 4. The van der Waals surface area contributed by atoms with Crippen LogP contribution in [-0.4, -0.2) is 15.2 Å². The molecule has 0 amide bonds. The van der Waals surface area contributed by atoms with Gasteiger partial charge in [-0.3, -0.25) is 4.98 Å². The second-order valence-corrected chi connectivity index (χ2v) is 5.76. The number of pyridine rings is 1. The first-order valence-electron chi connectivity index (χ1n) is 8.15. The molecule has 2 aromatic heterocycles. The molecule has 0 saturated carbocycles. The van der Waals surface area contributed by atoms with Gasteiger partial charge in [-0.15, -0.1) is 11.7 Å². The van der Waals surface area contributed by atoms with E-state index < -0.39 is 0 Å². The minimum atomic E-state index is 0.659. The lowest BCUT2D eigenvalue weighted by molar-refractivity contribution is 1.02. The van der Waals surface area contributed by atoms with Crippen molar-refractivity contribution in [1.29, 1.82) is 0 Å². The molecule has 0 atom stereocenters. The Morgan fingerprint density at radius 1 is 0.960 bits per heavy atom. The lowest BCUT2D eigenvalue weighted by Crippen LogP contribution is -1.95. The van der Waals surface area contributed by atoms with Crippen LogP contribution in [0.2, 0.25) is 0 Å². The summed E-state index contributed by atoms with van der Waals surface area (Å²) in [6.07, 6.45) is 9.56. The van der Waals surface area contributed by atoms with Gasteiger partial charge in [0.2, 0.25) is 0 Å². The highest BCUT2D eigenvalue weighted by atomic mass is 15.1. The summed E-state index contributed by atoms with van der Waals surface area (Å²) in [5.41, 5.74) is 2.59. The maximum atomic E-state index is 4.61. The van der Waals surface area contributed by atoms with Crippen molar-refractivity contribution in [3.05, 3.63) is 97.1 Å². The van der Waals surface area contributed by atoms with E-state index in [0.717, 1.165) is 38.5 Å². The monoisotopic (exact) mass is 322 g/mol. The summed E-state index contributed by atoms with van der Waals surface area (Å²) in [7, 11) is 0. The standard InChI is InChI=1S/C22H16N3/c1-2-7-17(22-20-11-6-3-8-16(20)12-13-23-22)14-21-19-10-5-4-9-18(19)15-24-25-21/h2-6,8-13,15H,1,7H2. The van der Waals surface area contributed by atoms with Crippen molar-refractivity contribution in [3.63, 3.8) is 0 Å². The van der Waals surface area contributed by atoms with Crippen molar-refractivity contribution >= 4 is 27.1 Å². The van der Waals surface area contributed by atoms with Crippen LogP contribution in [0.25, 0.3) is 27.1 Å². The number of fused-ring (bicyclic) bond motifs is 2. The van der Waals surface area contributed by atoms with Crippen molar-refractivity contribution in [2.75, 3.05) is 0 Å². The van der Waals surface area contributed by atoms with E-state index in [1.807, 2.05) is 54.7 Å². The van der Waals surface area contributed by atoms with Gasteiger partial charge in [-0.2, -0.15) is 5.10 Å². The molecule has 3 heteroatoms. The van der Waals surface area contributed by atoms with Gasteiger partial charge in [-0.1, -0.05) is 54.6 Å². The highest BCUT2D eigenvalue weighted by Gasteiger charge is 2.10. The SMILES string of the molecule is C=CCC(=[C]c1nncc2ccccc12)c1nccc2ccccc12. The van der Waals surface area contributed by atoms with E-state index in [2.05, 4.69) is 40.0 Å². The molecule has 2 aromatic carbocycles. The molecule has 0 unspecified atom stereocenters. The van der Waals surface area contributed by atoms with Gasteiger partial charge in [0.05, 0.1) is 11.9 Å². The first-order valence-corrected chi connectivity index (χ1v) is 8.15. The van der Waals surface area contributed by atoms with Crippen LogP contribution in [0.4, 0.5) is 0 Å². The molecule has 4 rings (SSSR count). The van der Waals surface area contributed by atoms with E-state index in [-0.39, 0.29) is 0 Å². The third-order valence-electron chi connectivity index (χ3n) is 4.15. The fraction of sp³-hybridized carbons (Fsp3) is 0.0455. The van der Waals surface area contributed by atoms with Crippen molar-refractivity contribution in [2.45, 2.75) is 6.42 Å². The normalized spacial score (nSPS) is 11.8. The van der Waals surface area contributed by atoms with Gasteiger partial charge in [0.25, 0.3) is 0 Å². The van der Waals surface area contributed by atoms with Crippen LogP contribution >= 0.6 is 0 Å². The van der Waals surface area contributed by atoms with Gasteiger partial charge < -0.3 is 0 Å². The summed E-state index contributed by atoms with van der Waals surface area (Å²) < 4.78 is 0. The fourth-order valence-electron chi connectivity index (χ4n) is 2.97. The molecule has 0 aliphatic carbocycles. The molecule has 0 aliphatic rings. The second kappa shape index (κ2) is 6.65. The first kappa shape index (κ1) is 15.2. The van der Waals surface area contributed by atoms with E-state index in [1.54, 1.807) is 6.20 Å². The Morgan fingerprint density at radius 2 is 1.72 bits per heavy atom. The van der Waals surface area contributed by atoms with Crippen LogP contribution in [-0.2, 0) is 0 Å².